The van der Waals surface area contributed by atoms with Gasteiger partial charge in [-0.15, -0.1) is 0 Å². The van der Waals surface area contributed by atoms with Gasteiger partial charge in [-0.3, -0.25) is 4.79 Å². The molecule has 0 aliphatic carbocycles. The Morgan fingerprint density at radius 1 is 1.45 bits per heavy atom. The van der Waals surface area contributed by atoms with Gasteiger partial charge < -0.3 is 0 Å². The summed E-state index contributed by atoms with van der Waals surface area (Å²) in [5, 5.41) is 0.940. The molecule has 0 amide bonds. The standard InChI is InChI=1S/C9H9BrO/c10-5-4-8-2-1-3-9(6-8)7-11/h1-3,6-7H,4-5H2. The van der Waals surface area contributed by atoms with Crippen molar-refractivity contribution in [1.82, 2.24) is 0 Å². The lowest BCUT2D eigenvalue weighted by Gasteiger charge is -1.96. The number of hydrogen-bond donors (Lipinski definition) is 0. The van der Waals surface area contributed by atoms with E-state index in [1.54, 1.807) is 0 Å². The summed E-state index contributed by atoms with van der Waals surface area (Å²) in [5.74, 6) is 0. The first-order valence-electron chi connectivity index (χ1n) is 3.47. The number of halogens is 1. The van der Waals surface area contributed by atoms with Crippen LogP contribution in [0.4, 0.5) is 0 Å². The Kier molecular flexibility index (Phi) is 3.30. The normalized spacial score (nSPS) is 9.55. The largest absolute Gasteiger partial charge is 0.298 e. The summed E-state index contributed by atoms with van der Waals surface area (Å²) in [6, 6.07) is 7.65. The molecule has 11 heavy (non-hydrogen) atoms. The average molecular weight is 213 g/mol. The molecule has 1 rings (SSSR count). The molecule has 0 heterocycles. The van der Waals surface area contributed by atoms with E-state index in [9.17, 15) is 4.79 Å². The molecule has 1 aromatic carbocycles. The van der Waals surface area contributed by atoms with Gasteiger partial charge in [0.25, 0.3) is 0 Å². The Labute approximate surface area is 74.6 Å². The summed E-state index contributed by atoms with van der Waals surface area (Å²) in [4.78, 5) is 10.4. The smallest absolute Gasteiger partial charge is 0.150 e. The number of carbonyl (C=O) groups is 1. The summed E-state index contributed by atoms with van der Waals surface area (Å²) < 4.78 is 0. The highest BCUT2D eigenvalue weighted by Gasteiger charge is 1.92. The number of alkyl halides is 1. The van der Waals surface area contributed by atoms with Crippen LogP contribution in [0.3, 0.4) is 0 Å². The Hall–Kier alpha value is -0.630. The van der Waals surface area contributed by atoms with Gasteiger partial charge in [0.2, 0.25) is 0 Å². The zero-order valence-electron chi connectivity index (χ0n) is 6.09. The Bertz CT molecular complexity index is 245. The monoisotopic (exact) mass is 212 g/mol. The molecule has 0 radical (unpaired) electrons. The first-order chi connectivity index (χ1) is 5.36. The van der Waals surface area contributed by atoms with Crippen LogP contribution in [0.5, 0.6) is 0 Å². The molecule has 0 spiro atoms. The first-order valence-corrected chi connectivity index (χ1v) is 4.59. The summed E-state index contributed by atoms with van der Waals surface area (Å²) in [5.41, 5.74) is 1.95. The van der Waals surface area contributed by atoms with Crippen LogP contribution in [-0.4, -0.2) is 11.6 Å². The molecular formula is C9H9BrO. The van der Waals surface area contributed by atoms with Crippen molar-refractivity contribution < 1.29 is 4.79 Å². The SMILES string of the molecule is O=Cc1cccc(CCBr)c1. The molecule has 0 saturated carbocycles. The fraction of sp³-hybridized carbons (Fsp3) is 0.222. The second-order valence-corrected chi connectivity index (χ2v) is 3.09. The van der Waals surface area contributed by atoms with Gasteiger partial charge in [0.1, 0.15) is 6.29 Å². The Morgan fingerprint density at radius 3 is 2.91 bits per heavy atom. The maximum atomic E-state index is 10.4. The summed E-state index contributed by atoms with van der Waals surface area (Å²) in [6.07, 6.45) is 1.85. The van der Waals surface area contributed by atoms with Gasteiger partial charge in [0.15, 0.2) is 0 Å². The van der Waals surface area contributed by atoms with Crippen LogP contribution < -0.4 is 0 Å². The lowest BCUT2D eigenvalue weighted by molar-refractivity contribution is 0.112. The summed E-state index contributed by atoms with van der Waals surface area (Å²) in [7, 11) is 0. The van der Waals surface area contributed by atoms with Crippen molar-refractivity contribution in [1.29, 1.82) is 0 Å². The highest BCUT2D eigenvalue weighted by Crippen LogP contribution is 2.04. The molecule has 0 saturated heterocycles. The first kappa shape index (κ1) is 8.47. The maximum Gasteiger partial charge on any atom is 0.150 e. The minimum Gasteiger partial charge on any atom is -0.298 e. The highest BCUT2D eigenvalue weighted by atomic mass is 79.9. The van der Waals surface area contributed by atoms with E-state index in [0.717, 1.165) is 23.6 Å². The van der Waals surface area contributed by atoms with Crippen molar-refractivity contribution in [3.05, 3.63) is 35.4 Å². The molecule has 0 atom stereocenters. The van der Waals surface area contributed by atoms with Crippen molar-refractivity contribution in [3.63, 3.8) is 0 Å². The molecular weight excluding hydrogens is 204 g/mol. The van der Waals surface area contributed by atoms with Gasteiger partial charge in [-0.05, 0) is 18.1 Å². The molecule has 1 nitrogen and oxygen atoms in total. The molecule has 0 aromatic heterocycles. The third-order valence-electron chi connectivity index (χ3n) is 1.47. The fourth-order valence-corrected chi connectivity index (χ4v) is 1.39. The molecule has 1 aromatic rings. The molecule has 0 aliphatic rings. The molecule has 0 bridgehead atoms. The van der Waals surface area contributed by atoms with Crippen molar-refractivity contribution in [3.8, 4) is 0 Å². The third-order valence-corrected chi connectivity index (χ3v) is 1.87. The molecule has 0 fully saturated rings. The topological polar surface area (TPSA) is 17.1 Å². The van der Waals surface area contributed by atoms with Crippen LogP contribution in [0.25, 0.3) is 0 Å². The van der Waals surface area contributed by atoms with E-state index in [4.69, 9.17) is 0 Å². The van der Waals surface area contributed by atoms with E-state index in [-0.39, 0.29) is 0 Å². The van der Waals surface area contributed by atoms with Crippen molar-refractivity contribution >= 4 is 22.2 Å². The molecule has 0 aliphatic heterocycles. The third kappa shape index (κ3) is 2.46. The van der Waals surface area contributed by atoms with E-state index in [2.05, 4.69) is 15.9 Å². The van der Waals surface area contributed by atoms with Crippen LogP contribution in [0, 0.1) is 0 Å². The average Bonchev–Trinajstić information content (AvgIpc) is 2.06. The number of carbonyl (C=O) groups excluding carboxylic acids is 1. The molecule has 0 unspecified atom stereocenters. The summed E-state index contributed by atoms with van der Waals surface area (Å²) in [6.45, 7) is 0. The maximum absolute atomic E-state index is 10.4. The second kappa shape index (κ2) is 4.29. The Morgan fingerprint density at radius 2 is 2.27 bits per heavy atom. The van der Waals surface area contributed by atoms with Gasteiger partial charge in [0.05, 0.1) is 0 Å². The van der Waals surface area contributed by atoms with E-state index < -0.39 is 0 Å². The predicted octanol–water partition coefficient (Wildman–Crippen LogP) is 2.44. The lowest BCUT2D eigenvalue weighted by Crippen LogP contribution is -1.87. The highest BCUT2D eigenvalue weighted by molar-refractivity contribution is 9.09. The minimum absolute atomic E-state index is 0.753. The van der Waals surface area contributed by atoms with E-state index in [0.29, 0.717) is 0 Å². The van der Waals surface area contributed by atoms with Crippen LogP contribution in [0.15, 0.2) is 24.3 Å². The van der Waals surface area contributed by atoms with Gasteiger partial charge in [-0.25, -0.2) is 0 Å². The zero-order valence-corrected chi connectivity index (χ0v) is 7.67. The number of aryl methyl sites for hydroxylation is 1. The quantitative estimate of drug-likeness (QED) is 0.556. The van der Waals surface area contributed by atoms with Crippen LogP contribution in [0.2, 0.25) is 0 Å². The van der Waals surface area contributed by atoms with Gasteiger partial charge in [-0.1, -0.05) is 34.1 Å². The predicted molar refractivity (Wildman–Crippen MR) is 49.3 cm³/mol. The van der Waals surface area contributed by atoms with Gasteiger partial charge in [0, 0.05) is 10.9 Å². The van der Waals surface area contributed by atoms with Gasteiger partial charge >= 0.3 is 0 Å². The van der Waals surface area contributed by atoms with Crippen LogP contribution in [0.1, 0.15) is 15.9 Å². The number of benzene rings is 1. The van der Waals surface area contributed by atoms with Crippen molar-refractivity contribution in [2.45, 2.75) is 6.42 Å². The Balaban J connectivity index is 2.82. The molecule has 2 heteroatoms. The zero-order chi connectivity index (χ0) is 8.10. The number of hydrogen-bond acceptors (Lipinski definition) is 1. The van der Waals surface area contributed by atoms with Crippen LogP contribution >= 0.6 is 15.9 Å². The number of rotatable bonds is 3. The van der Waals surface area contributed by atoms with Gasteiger partial charge in [-0.2, -0.15) is 0 Å². The lowest BCUT2D eigenvalue weighted by atomic mass is 10.1. The molecule has 58 valence electrons. The van der Waals surface area contributed by atoms with Crippen molar-refractivity contribution in [2.75, 3.05) is 5.33 Å². The second-order valence-electron chi connectivity index (χ2n) is 2.30. The minimum atomic E-state index is 0.753. The number of aldehydes is 1. The van der Waals surface area contributed by atoms with E-state index >= 15 is 0 Å². The fourth-order valence-electron chi connectivity index (χ4n) is 0.931. The summed E-state index contributed by atoms with van der Waals surface area (Å²) >= 11 is 3.34. The van der Waals surface area contributed by atoms with Crippen molar-refractivity contribution in [2.24, 2.45) is 0 Å². The van der Waals surface area contributed by atoms with E-state index in [1.807, 2.05) is 24.3 Å². The molecule has 0 N–H and O–H groups in total. The van der Waals surface area contributed by atoms with E-state index in [1.165, 1.54) is 5.56 Å². The van der Waals surface area contributed by atoms with Crippen LogP contribution in [-0.2, 0) is 6.42 Å².